The van der Waals surface area contributed by atoms with Gasteiger partial charge in [-0.25, -0.2) is 0 Å². The van der Waals surface area contributed by atoms with Crippen molar-refractivity contribution < 1.29 is 4.79 Å². The molecule has 0 bridgehead atoms. The van der Waals surface area contributed by atoms with Crippen LogP contribution in [0.25, 0.3) is 0 Å². The van der Waals surface area contributed by atoms with Crippen molar-refractivity contribution in [3.8, 4) is 0 Å². The normalized spacial score (nSPS) is 48.5. The molecule has 5 aliphatic rings. The first-order valence-electron chi connectivity index (χ1n) is 11.3. The van der Waals surface area contributed by atoms with E-state index in [1.807, 2.05) is 0 Å². The van der Waals surface area contributed by atoms with Crippen molar-refractivity contribution in [1.82, 2.24) is 5.32 Å². The molecule has 0 unspecified atom stereocenters. The highest BCUT2D eigenvalue weighted by Gasteiger charge is 2.56. The predicted octanol–water partition coefficient (Wildman–Crippen LogP) is 5.71. The van der Waals surface area contributed by atoms with Gasteiger partial charge in [-0.3, -0.25) is 4.79 Å². The first-order chi connectivity index (χ1) is 12.0. The molecule has 1 saturated heterocycles. The van der Waals surface area contributed by atoms with Gasteiger partial charge in [0, 0.05) is 13.0 Å². The monoisotopic (exact) mass is 345 g/mol. The lowest BCUT2D eigenvalue weighted by molar-refractivity contribution is -0.119. The van der Waals surface area contributed by atoms with Crippen molar-refractivity contribution >= 4 is 5.91 Å². The summed E-state index contributed by atoms with van der Waals surface area (Å²) in [6, 6.07) is 0. The molecular formula is C23H39NO. The van der Waals surface area contributed by atoms with E-state index < -0.39 is 0 Å². The lowest BCUT2D eigenvalue weighted by Crippen LogP contribution is -2.51. The summed E-state index contributed by atoms with van der Waals surface area (Å²) in [6.07, 6.45) is 18.9. The molecule has 1 heterocycles. The SMILES string of the molecule is C[C@@]12CCC[C@H]1[C@@H]1CC[C@H]3CCCC[C@]3(C)[C@H]1CC2.O=C1CCCN1. The summed E-state index contributed by atoms with van der Waals surface area (Å²) < 4.78 is 0. The van der Waals surface area contributed by atoms with Crippen LogP contribution in [-0.2, 0) is 4.79 Å². The minimum Gasteiger partial charge on any atom is -0.356 e. The third-order valence-corrected chi connectivity index (χ3v) is 9.27. The lowest BCUT2D eigenvalue weighted by atomic mass is 9.45. The van der Waals surface area contributed by atoms with Crippen LogP contribution in [0.3, 0.4) is 0 Å². The number of carbonyl (C=O) groups is 1. The Balaban J connectivity index is 0.000000223. The van der Waals surface area contributed by atoms with E-state index in [0.717, 1.165) is 53.9 Å². The minimum atomic E-state index is 0.204. The Bertz CT molecular complexity index is 494. The molecule has 4 aliphatic carbocycles. The molecule has 2 nitrogen and oxygen atoms in total. The van der Waals surface area contributed by atoms with E-state index in [0.29, 0.717) is 0 Å². The van der Waals surface area contributed by atoms with E-state index in [4.69, 9.17) is 0 Å². The Morgan fingerprint density at radius 1 is 0.840 bits per heavy atom. The van der Waals surface area contributed by atoms with Gasteiger partial charge in [-0.1, -0.05) is 33.1 Å². The highest BCUT2D eigenvalue weighted by Crippen LogP contribution is 2.66. The maximum atomic E-state index is 10.1. The van der Waals surface area contributed by atoms with Crippen LogP contribution in [0.5, 0.6) is 0 Å². The first-order valence-corrected chi connectivity index (χ1v) is 11.3. The molecule has 5 fully saturated rings. The van der Waals surface area contributed by atoms with Gasteiger partial charge in [-0.05, 0) is 92.3 Å². The molecule has 25 heavy (non-hydrogen) atoms. The fraction of sp³-hybridized carbons (Fsp3) is 0.957. The topological polar surface area (TPSA) is 29.1 Å². The summed E-state index contributed by atoms with van der Waals surface area (Å²) in [4.78, 5) is 10.1. The number of hydrogen-bond acceptors (Lipinski definition) is 1. The van der Waals surface area contributed by atoms with Gasteiger partial charge in [0.15, 0.2) is 0 Å². The zero-order chi connectivity index (χ0) is 17.5. The van der Waals surface area contributed by atoms with Gasteiger partial charge in [0.1, 0.15) is 0 Å². The predicted molar refractivity (Wildman–Crippen MR) is 103 cm³/mol. The molecule has 5 rings (SSSR count). The number of hydrogen-bond donors (Lipinski definition) is 1. The number of carbonyl (C=O) groups excluding carboxylic acids is 1. The van der Waals surface area contributed by atoms with Crippen LogP contribution < -0.4 is 5.32 Å². The Morgan fingerprint density at radius 3 is 2.44 bits per heavy atom. The summed E-state index contributed by atoms with van der Waals surface area (Å²) >= 11 is 0. The zero-order valence-corrected chi connectivity index (χ0v) is 16.6. The molecule has 4 saturated carbocycles. The van der Waals surface area contributed by atoms with E-state index in [2.05, 4.69) is 19.2 Å². The van der Waals surface area contributed by atoms with Crippen molar-refractivity contribution in [1.29, 1.82) is 0 Å². The minimum absolute atomic E-state index is 0.204. The van der Waals surface area contributed by atoms with Gasteiger partial charge >= 0.3 is 0 Å². The summed E-state index contributed by atoms with van der Waals surface area (Å²) in [5.41, 5.74) is 1.49. The zero-order valence-electron chi connectivity index (χ0n) is 16.6. The van der Waals surface area contributed by atoms with Gasteiger partial charge in [0.2, 0.25) is 5.91 Å². The van der Waals surface area contributed by atoms with Crippen LogP contribution in [0.15, 0.2) is 0 Å². The second-order valence-corrected chi connectivity index (χ2v) is 10.4. The second-order valence-electron chi connectivity index (χ2n) is 10.4. The average molecular weight is 346 g/mol. The quantitative estimate of drug-likeness (QED) is 0.599. The van der Waals surface area contributed by atoms with Crippen LogP contribution in [-0.4, -0.2) is 12.5 Å². The van der Waals surface area contributed by atoms with Gasteiger partial charge in [0.25, 0.3) is 0 Å². The van der Waals surface area contributed by atoms with Crippen molar-refractivity contribution in [2.24, 2.45) is 34.5 Å². The number of rotatable bonds is 0. The summed E-state index contributed by atoms with van der Waals surface area (Å²) in [5.74, 6) is 4.61. The fourth-order valence-corrected chi connectivity index (χ4v) is 7.85. The highest BCUT2D eigenvalue weighted by molar-refractivity contribution is 5.77. The van der Waals surface area contributed by atoms with Gasteiger partial charge < -0.3 is 5.32 Å². The van der Waals surface area contributed by atoms with Gasteiger partial charge in [0.05, 0.1) is 0 Å². The van der Waals surface area contributed by atoms with Gasteiger partial charge in [-0.2, -0.15) is 0 Å². The van der Waals surface area contributed by atoms with E-state index >= 15 is 0 Å². The third kappa shape index (κ3) is 3.16. The number of nitrogens with one attached hydrogen (secondary N) is 1. The van der Waals surface area contributed by atoms with Crippen LogP contribution >= 0.6 is 0 Å². The van der Waals surface area contributed by atoms with E-state index in [9.17, 15) is 4.79 Å². The van der Waals surface area contributed by atoms with Crippen LogP contribution in [0.2, 0.25) is 0 Å². The maximum absolute atomic E-state index is 10.1. The molecule has 1 aliphatic heterocycles. The largest absolute Gasteiger partial charge is 0.356 e. The average Bonchev–Trinajstić information content (AvgIpc) is 3.23. The summed E-state index contributed by atoms with van der Waals surface area (Å²) in [5, 5.41) is 2.68. The Kier molecular flexibility index (Phi) is 4.92. The molecule has 0 aromatic heterocycles. The van der Waals surface area contributed by atoms with Crippen LogP contribution in [0.1, 0.15) is 97.3 Å². The summed E-state index contributed by atoms with van der Waals surface area (Å²) in [7, 11) is 0. The molecule has 0 aromatic carbocycles. The van der Waals surface area contributed by atoms with Crippen molar-refractivity contribution in [3.05, 3.63) is 0 Å². The Hall–Kier alpha value is -0.530. The Morgan fingerprint density at radius 2 is 1.72 bits per heavy atom. The van der Waals surface area contributed by atoms with Crippen molar-refractivity contribution in [2.75, 3.05) is 6.54 Å². The van der Waals surface area contributed by atoms with Crippen LogP contribution in [0.4, 0.5) is 0 Å². The lowest BCUT2D eigenvalue weighted by Gasteiger charge is -2.60. The molecule has 0 spiro atoms. The van der Waals surface area contributed by atoms with Crippen molar-refractivity contribution in [2.45, 2.75) is 97.3 Å². The maximum Gasteiger partial charge on any atom is 0.220 e. The van der Waals surface area contributed by atoms with E-state index in [-0.39, 0.29) is 5.91 Å². The standard InChI is InChI=1S/C19H32.C4H7NO/c1-18-11-5-7-16(18)15-9-8-14-6-3-4-12-19(14,2)17(15)10-13-18;6-4-2-1-3-5-4/h14-17H,3-13H2,1-2H3;1-3H2,(H,5,6)/t14-,15+,16+,17+,18+,19+;/m1./s1. The smallest absolute Gasteiger partial charge is 0.220 e. The van der Waals surface area contributed by atoms with E-state index in [1.54, 1.807) is 51.4 Å². The molecule has 6 atom stereocenters. The Labute approximate surface area is 154 Å². The third-order valence-electron chi connectivity index (χ3n) is 9.27. The highest BCUT2D eigenvalue weighted by atomic mass is 16.1. The van der Waals surface area contributed by atoms with E-state index in [1.165, 1.54) is 19.3 Å². The molecule has 142 valence electrons. The number of amides is 1. The van der Waals surface area contributed by atoms with Gasteiger partial charge in [-0.15, -0.1) is 0 Å². The summed E-state index contributed by atoms with van der Waals surface area (Å²) in [6.45, 7) is 6.22. The second kappa shape index (κ2) is 6.89. The first kappa shape index (κ1) is 17.9. The molecule has 0 radical (unpaired) electrons. The van der Waals surface area contributed by atoms with Crippen LogP contribution in [0, 0.1) is 34.5 Å². The number of fused-ring (bicyclic) bond motifs is 5. The molecular weight excluding hydrogens is 306 g/mol. The molecule has 1 amide bonds. The fourth-order valence-electron chi connectivity index (χ4n) is 7.85. The van der Waals surface area contributed by atoms with Crippen molar-refractivity contribution in [3.63, 3.8) is 0 Å². The molecule has 2 heteroatoms. The molecule has 1 N–H and O–H groups in total. The molecule has 0 aromatic rings.